The molecule has 0 N–H and O–H groups in total. The number of hydrogen-bond acceptors (Lipinski definition) is 5. The van der Waals surface area contributed by atoms with Gasteiger partial charge in [0.05, 0.1) is 12.0 Å². The smallest absolute Gasteiger partial charge is 0.200 e. The third-order valence-electron chi connectivity index (χ3n) is 3.23. The summed E-state index contributed by atoms with van der Waals surface area (Å²) in [5.41, 5.74) is 0.811. The summed E-state index contributed by atoms with van der Waals surface area (Å²) in [6.07, 6.45) is 4.96. The number of nitrogens with zero attached hydrogens (tertiary/aromatic N) is 4. The molecule has 98 valence electrons. The Morgan fingerprint density at radius 1 is 1.58 bits per heavy atom. The third-order valence-corrected chi connectivity index (χ3v) is 4.86. The fourth-order valence-electron chi connectivity index (χ4n) is 2.30. The van der Waals surface area contributed by atoms with Gasteiger partial charge in [0.2, 0.25) is 0 Å². The first-order valence-corrected chi connectivity index (χ1v) is 7.62. The van der Waals surface area contributed by atoms with E-state index < -0.39 is 0 Å². The molecule has 3 heterocycles. The minimum atomic E-state index is 0.0775. The molecule has 0 bridgehead atoms. The van der Waals surface area contributed by atoms with Crippen LogP contribution < -0.4 is 9.63 Å². The van der Waals surface area contributed by atoms with Gasteiger partial charge < -0.3 is 10.1 Å². The third kappa shape index (κ3) is 2.38. The number of anilines is 1. The number of nitriles is 1. The van der Waals surface area contributed by atoms with E-state index in [1.54, 1.807) is 0 Å². The van der Waals surface area contributed by atoms with Gasteiger partial charge in [-0.2, -0.15) is 9.99 Å². The van der Waals surface area contributed by atoms with Gasteiger partial charge in [-0.25, -0.2) is 4.98 Å². The first-order valence-electron chi connectivity index (χ1n) is 6.01. The highest BCUT2D eigenvalue weighted by Gasteiger charge is 2.23. The molecule has 1 aliphatic rings. The predicted octanol–water partition coefficient (Wildman–Crippen LogP) is 2.43. The van der Waals surface area contributed by atoms with Crippen molar-refractivity contribution < 1.29 is 4.73 Å². The second kappa shape index (κ2) is 4.94. The van der Waals surface area contributed by atoms with Gasteiger partial charge in [0.25, 0.3) is 0 Å². The van der Waals surface area contributed by atoms with Crippen LogP contribution in [-0.4, -0.2) is 18.1 Å². The molecule has 0 unspecified atom stereocenters. The lowest BCUT2D eigenvalue weighted by Gasteiger charge is -2.28. The van der Waals surface area contributed by atoms with Gasteiger partial charge in [-0.05, 0) is 28.8 Å². The minimum Gasteiger partial charge on any atom is -0.619 e. The molecule has 0 spiro atoms. The molecule has 2 aromatic rings. The maximum atomic E-state index is 11.4. The van der Waals surface area contributed by atoms with Gasteiger partial charge in [0.15, 0.2) is 17.5 Å². The fraction of sp³-hybridized carbons (Fsp3) is 0.417. The zero-order valence-electron chi connectivity index (χ0n) is 10.0. The van der Waals surface area contributed by atoms with Crippen molar-refractivity contribution in [3.8, 4) is 6.07 Å². The highest BCUT2D eigenvalue weighted by atomic mass is 79.9. The topological polar surface area (TPSA) is 66.9 Å². The van der Waals surface area contributed by atoms with E-state index in [0.717, 1.165) is 46.0 Å². The van der Waals surface area contributed by atoms with E-state index >= 15 is 0 Å². The Kier molecular flexibility index (Phi) is 3.29. The number of aromatic nitrogens is 2. The zero-order valence-corrected chi connectivity index (χ0v) is 12.4. The van der Waals surface area contributed by atoms with Crippen LogP contribution in [0.2, 0.25) is 0 Å². The Balaban J connectivity index is 1.97. The summed E-state index contributed by atoms with van der Waals surface area (Å²) in [6.45, 7) is 1.65. The van der Waals surface area contributed by atoms with E-state index in [1.165, 1.54) is 23.7 Å². The van der Waals surface area contributed by atoms with Crippen LogP contribution in [-0.2, 0) is 0 Å². The van der Waals surface area contributed by atoms with E-state index in [-0.39, 0.29) is 5.92 Å². The molecule has 0 aliphatic carbocycles. The summed E-state index contributed by atoms with van der Waals surface area (Å²) in [5, 5.41) is 21.3. The second-order valence-electron chi connectivity index (χ2n) is 4.59. The molecular formula is C12H11BrN4OS. The lowest BCUT2D eigenvalue weighted by molar-refractivity contribution is -0.604. The molecule has 0 aromatic carbocycles. The van der Waals surface area contributed by atoms with Crippen LogP contribution in [0.25, 0.3) is 10.2 Å². The SMILES string of the molecule is N#C[C@H]1CCCN(c2nc3c(Br)c[n+]([O-])cc3s2)C1. The zero-order chi connectivity index (χ0) is 13.4. The summed E-state index contributed by atoms with van der Waals surface area (Å²) in [6, 6.07) is 2.33. The van der Waals surface area contributed by atoms with Gasteiger partial charge in [0, 0.05) is 13.1 Å². The average Bonchev–Trinajstić information content (AvgIpc) is 2.83. The molecule has 3 rings (SSSR count). The monoisotopic (exact) mass is 338 g/mol. The molecule has 1 atom stereocenters. The Morgan fingerprint density at radius 3 is 3.21 bits per heavy atom. The molecule has 2 aromatic heterocycles. The van der Waals surface area contributed by atoms with Crippen LogP contribution >= 0.6 is 27.3 Å². The van der Waals surface area contributed by atoms with E-state index in [2.05, 4.69) is 31.9 Å². The number of thiazole rings is 1. The van der Waals surface area contributed by atoms with E-state index in [4.69, 9.17) is 5.26 Å². The van der Waals surface area contributed by atoms with Crippen LogP contribution in [0.5, 0.6) is 0 Å². The number of hydrogen-bond donors (Lipinski definition) is 0. The number of rotatable bonds is 1. The van der Waals surface area contributed by atoms with Crippen LogP contribution in [0.15, 0.2) is 16.9 Å². The van der Waals surface area contributed by atoms with Crippen LogP contribution in [0.3, 0.4) is 0 Å². The summed E-state index contributed by atoms with van der Waals surface area (Å²) >= 11 is 4.86. The quantitative estimate of drug-likeness (QED) is 0.591. The molecule has 19 heavy (non-hydrogen) atoms. The van der Waals surface area contributed by atoms with Crippen molar-refractivity contribution >= 4 is 42.6 Å². The minimum absolute atomic E-state index is 0.0775. The van der Waals surface area contributed by atoms with Gasteiger partial charge in [-0.1, -0.05) is 11.3 Å². The normalized spacial score (nSPS) is 19.6. The second-order valence-corrected chi connectivity index (χ2v) is 6.45. The fourth-order valence-corrected chi connectivity index (χ4v) is 3.97. The van der Waals surface area contributed by atoms with Crippen molar-refractivity contribution in [1.29, 1.82) is 5.26 Å². The highest BCUT2D eigenvalue weighted by Crippen LogP contribution is 2.33. The number of fused-ring (bicyclic) bond motifs is 1. The van der Waals surface area contributed by atoms with Crippen molar-refractivity contribution in [3.63, 3.8) is 0 Å². The number of halogens is 1. The summed E-state index contributed by atoms with van der Waals surface area (Å²) in [4.78, 5) is 6.72. The van der Waals surface area contributed by atoms with Crippen molar-refractivity contribution in [2.75, 3.05) is 18.0 Å². The van der Waals surface area contributed by atoms with Gasteiger partial charge in [-0.3, -0.25) is 0 Å². The van der Waals surface area contributed by atoms with Crippen molar-refractivity contribution in [3.05, 3.63) is 22.1 Å². The van der Waals surface area contributed by atoms with Gasteiger partial charge in [0.1, 0.15) is 14.7 Å². The lowest BCUT2D eigenvalue weighted by atomic mass is 10.0. The van der Waals surface area contributed by atoms with Crippen molar-refractivity contribution in [1.82, 2.24) is 4.98 Å². The summed E-state index contributed by atoms with van der Waals surface area (Å²) in [7, 11) is 0. The molecule has 5 nitrogen and oxygen atoms in total. The first kappa shape index (κ1) is 12.6. The number of piperidine rings is 1. The molecule has 7 heteroatoms. The van der Waals surface area contributed by atoms with Crippen molar-refractivity contribution in [2.24, 2.45) is 5.92 Å². The van der Waals surface area contributed by atoms with E-state index in [1.807, 2.05) is 0 Å². The van der Waals surface area contributed by atoms with E-state index in [0.29, 0.717) is 4.47 Å². The standard InChI is InChI=1S/C12H11BrN4OS/c13-9-6-17(18)7-10-11(9)15-12(19-10)16-3-1-2-8(4-14)5-16/h6-8H,1-3,5H2/t8-/m1/s1. The Bertz CT molecular complexity index is 666. The molecule has 0 amide bonds. The lowest BCUT2D eigenvalue weighted by Crippen LogP contribution is -2.34. The van der Waals surface area contributed by atoms with Crippen molar-refractivity contribution in [2.45, 2.75) is 12.8 Å². The van der Waals surface area contributed by atoms with Crippen LogP contribution in [0.4, 0.5) is 5.13 Å². The average molecular weight is 339 g/mol. The molecular weight excluding hydrogens is 328 g/mol. The molecule has 0 radical (unpaired) electrons. The van der Waals surface area contributed by atoms with Crippen LogP contribution in [0, 0.1) is 22.5 Å². The molecule has 1 fully saturated rings. The maximum Gasteiger partial charge on any atom is 0.200 e. The maximum absolute atomic E-state index is 11.4. The van der Waals surface area contributed by atoms with Gasteiger partial charge >= 0.3 is 0 Å². The Morgan fingerprint density at radius 2 is 2.42 bits per heavy atom. The van der Waals surface area contributed by atoms with Gasteiger partial charge in [-0.15, -0.1) is 0 Å². The molecule has 1 saturated heterocycles. The molecule has 1 aliphatic heterocycles. The van der Waals surface area contributed by atoms with E-state index in [9.17, 15) is 5.21 Å². The summed E-state index contributed by atoms with van der Waals surface area (Å²) in [5.74, 6) is 0.0775. The first-order chi connectivity index (χ1) is 9.17. The molecule has 0 saturated carbocycles. The predicted molar refractivity (Wildman–Crippen MR) is 76.8 cm³/mol. The van der Waals surface area contributed by atoms with Crippen LogP contribution in [0.1, 0.15) is 12.8 Å². The highest BCUT2D eigenvalue weighted by molar-refractivity contribution is 9.10. The largest absolute Gasteiger partial charge is 0.619 e. The Hall–Kier alpha value is -1.39. The Labute approximate surface area is 122 Å². The summed E-state index contributed by atoms with van der Waals surface area (Å²) < 4.78 is 2.35. The number of pyridine rings is 1.